The van der Waals surface area contributed by atoms with Gasteiger partial charge in [0.2, 0.25) is 0 Å². The highest BCUT2D eigenvalue weighted by molar-refractivity contribution is 7.15. The molecule has 0 bridgehead atoms. The van der Waals surface area contributed by atoms with E-state index in [0.29, 0.717) is 24.6 Å². The van der Waals surface area contributed by atoms with Gasteiger partial charge in [0.25, 0.3) is 5.91 Å². The molecule has 27 heavy (non-hydrogen) atoms. The predicted molar refractivity (Wildman–Crippen MR) is 103 cm³/mol. The molecule has 8 heteroatoms. The molecule has 4 rings (SSSR count). The van der Waals surface area contributed by atoms with Gasteiger partial charge in [-0.2, -0.15) is 0 Å². The first kappa shape index (κ1) is 17.3. The zero-order valence-corrected chi connectivity index (χ0v) is 15.5. The molecule has 2 aromatic heterocycles. The van der Waals surface area contributed by atoms with Crippen LogP contribution in [0.4, 0.5) is 15.6 Å². The Bertz CT molecular complexity index is 981. The summed E-state index contributed by atoms with van der Waals surface area (Å²) in [5, 5.41) is 6.19. The quantitative estimate of drug-likeness (QED) is 0.719. The lowest BCUT2D eigenvalue weighted by molar-refractivity contribution is 0.0996. The Labute approximate surface area is 160 Å². The minimum Gasteiger partial charge on any atom is -0.459 e. The number of anilines is 2. The average Bonchev–Trinajstić information content (AvgIpc) is 3.30. The molecular weight excluding hydrogens is 364 g/mol. The van der Waals surface area contributed by atoms with Crippen LogP contribution in [-0.2, 0) is 13.0 Å². The van der Waals surface area contributed by atoms with Gasteiger partial charge in [0.1, 0.15) is 0 Å². The number of amides is 3. The number of nitrogens with one attached hydrogen (secondary N) is 2. The number of hydrogen-bond donors (Lipinski definition) is 2. The summed E-state index contributed by atoms with van der Waals surface area (Å²) >= 11 is 1.38. The van der Waals surface area contributed by atoms with Crippen LogP contribution < -0.4 is 10.6 Å². The van der Waals surface area contributed by atoms with Crippen LogP contribution in [0.1, 0.15) is 26.7 Å². The molecule has 0 radical (unpaired) electrons. The van der Waals surface area contributed by atoms with Crippen LogP contribution in [0.15, 0.2) is 47.1 Å². The molecule has 0 spiro atoms. The Morgan fingerprint density at radius 3 is 2.89 bits per heavy atom. The topological polar surface area (TPSA) is 87.5 Å². The minimum absolute atomic E-state index is 0.138. The van der Waals surface area contributed by atoms with Gasteiger partial charge >= 0.3 is 6.03 Å². The van der Waals surface area contributed by atoms with E-state index < -0.39 is 0 Å². The summed E-state index contributed by atoms with van der Waals surface area (Å²) in [5.41, 5.74) is 2.80. The number of aryl methyl sites for hydroxylation is 1. The lowest BCUT2D eigenvalue weighted by Gasteiger charge is -2.26. The Balaban J connectivity index is 1.41. The summed E-state index contributed by atoms with van der Waals surface area (Å²) in [7, 11) is 0. The molecule has 1 aliphatic rings. The van der Waals surface area contributed by atoms with Crippen LogP contribution >= 0.6 is 11.3 Å². The molecule has 3 heterocycles. The zero-order chi connectivity index (χ0) is 18.8. The van der Waals surface area contributed by atoms with E-state index in [-0.39, 0.29) is 17.7 Å². The first-order chi connectivity index (χ1) is 13.1. The van der Waals surface area contributed by atoms with E-state index in [4.69, 9.17) is 4.42 Å². The zero-order valence-electron chi connectivity index (χ0n) is 14.7. The molecule has 2 N–H and O–H groups in total. The van der Waals surface area contributed by atoms with E-state index >= 15 is 0 Å². The van der Waals surface area contributed by atoms with Crippen LogP contribution in [0.25, 0.3) is 0 Å². The number of rotatable bonds is 3. The molecule has 1 aliphatic heterocycles. The van der Waals surface area contributed by atoms with Gasteiger partial charge in [-0.05, 0) is 36.8 Å². The fraction of sp³-hybridized carbons (Fsp3) is 0.211. The Morgan fingerprint density at radius 1 is 1.22 bits per heavy atom. The van der Waals surface area contributed by atoms with Crippen LogP contribution in [0, 0.1) is 6.92 Å². The number of benzene rings is 1. The number of thiazole rings is 1. The molecule has 1 aromatic carbocycles. The van der Waals surface area contributed by atoms with Crippen LogP contribution in [-0.4, -0.2) is 28.4 Å². The molecule has 3 aromatic rings. The second-order valence-electron chi connectivity index (χ2n) is 6.29. The first-order valence-electron chi connectivity index (χ1n) is 8.54. The summed E-state index contributed by atoms with van der Waals surface area (Å²) in [6, 6.07) is 10.8. The summed E-state index contributed by atoms with van der Waals surface area (Å²) in [4.78, 5) is 31.8. The SMILES string of the molecule is Cc1cccc(NC(=O)N2CCc3nc(NC(=O)c4ccco4)sc3C2)c1. The summed E-state index contributed by atoms with van der Waals surface area (Å²) in [5.74, 6) is -0.0949. The lowest BCUT2D eigenvalue weighted by atomic mass is 10.2. The van der Waals surface area contributed by atoms with Crippen molar-refractivity contribution in [1.29, 1.82) is 0 Å². The summed E-state index contributed by atoms with van der Waals surface area (Å²) in [6.45, 7) is 3.04. The highest BCUT2D eigenvalue weighted by atomic mass is 32.1. The number of carbonyl (C=O) groups excluding carboxylic acids is 2. The number of fused-ring (bicyclic) bond motifs is 1. The van der Waals surface area contributed by atoms with Gasteiger partial charge in [-0.15, -0.1) is 0 Å². The van der Waals surface area contributed by atoms with Crippen molar-refractivity contribution in [2.75, 3.05) is 17.2 Å². The van der Waals surface area contributed by atoms with E-state index in [0.717, 1.165) is 21.8 Å². The first-order valence-corrected chi connectivity index (χ1v) is 9.36. The van der Waals surface area contributed by atoms with Crippen molar-refractivity contribution in [2.45, 2.75) is 19.9 Å². The normalized spacial score (nSPS) is 13.1. The Hall–Kier alpha value is -3.13. The molecule has 0 saturated heterocycles. The van der Waals surface area contributed by atoms with Gasteiger partial charge in [-0.25, -0.2) is 9.78 Å². The van der Waals surface area contributed by atoms with E-state index in [1.54, 1.807) is 17.0 Å². The molecule has 0 unspecified atom stereocenters. The van der Waals surface area contributed by atoms with Crippen LogP contribution in [0.3, 0.4) is 0 Å². The minimum atomic E-state index is -0.333. The molecular formula is C19H18N4O3S. The van der Waals surface area contributed by atoms with Crippen molar-refractivity contribution >= 4 is 34.1 Å². The molecule has 0 atom stereocenters. The fourth-order valence-electron chi connectivity index (χ4n) is 2.91. The fourth-order valence-corrected chi connectivity index (χ4v) is 3.93. The van der Waals surface area contributed by atoms with Gasteiger partial charge in [-0.3, -0.25) is 10.1 Å². The van der Waals surface area contributed by atoms with Gasteiger partial charge in [0, 0.05) is 23.5 Å². The average molecular weight is 382 g/mol. The predicted octanol–water partition coefficient (Wildman–Crippen LogP) is 3.89. The number of carbonyl (C=O) groups is 2. The molecule has 0 fully saturated rings. The van der Waals surface area contributed by atoms with Crippen molar-refractivity contribution in [3.05, 3.63) is 64.6 Å². The number of furan rings is 1. The van der Waals surface area contributed by atoms with Crippen molar-refractivity contribution in [1.82, 2.24) is 9.88 Å². The van der Waals surface area contributed by atoms with Crippen molar-refractivity contribution in [3.63, 3.8) is 0 Å². The maximum atomic E-state index is 12.5. The smallest absolute Gasteiger partial charge is 0.322 e. The molecule has 3 amide bonds. The lowest BCUT2D eigenvalue weighted by Crippen LogP contribution is -2.38. The molecule has 138 valence electrons. The number of hydrogen-bond acceptors (Lipinski definition) is 5. The second kappa shape index (κ2) is 7.24. The van der Waals surface area contributed by atoms with Gasteiger partial charge in [0.05, 0.1) is 18.5 Å². The molecule has 0 aliphatic carbocycles. The Morgan fingerprint density at radius 2 is 2.11 bits per heavy atom. The van der Waals surface area contributed by atoms with Crippen LogP contribution in [0.2, 0.25) is 0 Å². The van der Waals surface area contributed by atoms with E-state index in [1.807, 2.05) is 31.2 Å². The molecule has 7 nitrogen and oxygen atoms in total. The van der Waals surface area contributed by atoms with E-state index in [1.165, 1.54) is 17.6 Å². The van der Waals surface area contributed by atoms with Crippen LogP contribution in [0.5, 0.6) is 0 Å². The maximum Gasteiger partial charge on any atom is 0.322 e. The summed E-state index contributed by atoms with van der Waals surface area (Å²) < 4.78 is 5.09. The van der Waals surface area contributed by atoms with Crippen molar-refractivity contribution in [2.24, 2.45) is 0 Å². The monoisotopic (exact) mass is 382 g/mol. The standard InChI is InChI=1S/C19H18N4O3S/c1-12-4-2-5-13(10-12)20-19(25)23-8-7-14-16(11-23)27-18(21-14)22-17(24)15-6-3-9-26-15/h2-6,9-10H,7-8,11H2,1H3,(H,20,25)(H,21,22,24). The van der Waals surface area contributed by atoms with Crippen molar-refractivity contribution < 1.29 is 14.0 Å². The third-order valence-corrected chi connectivity index (χ3v) is 5.25. The second-order valence-corrected chi connectivity index (χ2v) is 7.38. The third-order valence-electron chi connectivity index (χ3n) is 4.25. The number of nitrogens with zero attached hydrogens (tertiary/aromatic N) is 2. The van der Waals surface area contributed by atoms with Gasteiger partial charge < -0.3 is 14.6 Å². The van der Waals surface area contributed by atoms with Gasteiger partial charge in [0.15, 0.2) is 10.9 Å². The third kappa shape index (κ3) is 3.85. The number of aromatic nitrogens is 1. The van der Waals surface area contributed by atoms with E-state index in [2.05, 4.69) is 15.6 Å². The van der Waals surface area contributed by atoms with Gasteiger partial charge in [-0.1, -0.05) is 23.5 Å². The maximum absolute atomic E-state index is 12.5. The highest BCUT2D eigenvalue weighted by Gasteiger charge is 2.25. The number of urea groups is 1. The van der Waals surface area contributed by atoms with E-state index in [9.17, 15) is 9.59 Å². The summed E-state index contributed by atoms with van der Waals surface area (Å²) in [6.07, 6.45) is 2.11. The largest absolute Gasteiger partial charge is 0.459 e. The Kier molecular flexibility index (Phi) is 4.64. The van der Waals surface area contributed by atoms with Crippen molar-refractivity contribution in [3.8, 4) is 0 Å². The highest BCUT2D eigenvalue weighted by Crippen LogP contribution is 2.29. The molecule has 0 saturated carbocycles.